The van der Waals surface area contributed by atoms with E-state index in [1.165, 1.54) is 0 Å². The second kappa shape index (κ2) is 3.55. The van der Waals surface area contributed by atoms with Crippen molar-refractivity contribution in [3.05, 3.63) is 24.3 Å². The molecule has 1 aromatic carbocycles. The molecule has 0 heterocycles. The van der Waals surface area contributed by atoms with Crippen molar-refractivity contribution in [1.82, 2.24) is 0 Å². The van der Waals surface area contributed by atoms with Crippen molar-refractivity contribution in [2.45, 2.75) is 0 Å². The number of phenols is 1. The van der Waals surface area contributed by atoms with Crippen molar-refractivity contribution in [2.24, 2.45) is 4.99 Å². The minimum absolute atomic E-state index is 0.218. The van der Waals surface area contributed by atoms with Crippen LogP contribution in [0.15, 0.2) is 29.3 Å². The molecule has 10 heavy (non-hydrogen) atoms. The summed E-state index contributed by atoms with van der Waals surface area (Å²) in [6.07, 6.45) is 0. The normalized spacial score (nSPS) is 10.5. The molecule has 3 heteroatoms. The average Bonchev–Trinajstić information content (AvgIpc) is 1.94. The van der Waals surface area contributed by atoms with Gasteiger partial charge in [-0.15, -0.1) is 0 Å². The summed E-state index contributed by atoms with van der Waals surface area (Å²) >= 11 is 2.00. The van der Waals surface area contributed by atoms with E-state index in [9.17, 15) is 0 Å². The zero-order valence-corrected chi connectivity index (χ0v) is 7.32. The van der Waals surface area contributed by atoms with Crippen LogP contribution in [0.3, 0.4) is 0 Å². The van der Waals surface area contributed by atoms with Crippen molar-refractivity contribution >= 4 is 32.5 Å². The molecule has 0 bridgehead atoms. The van der Waals surface area contributed by atoms with Gasteiger partial charge >= 0.3 is 0 Å². The second-order valence-corrected chi connectivity index (χ2v) is 2.27. The fourth-order valence-electron chi connectivity index (χ4n) is 0.626. The van der Waals surface area contributed by atoms with Crippen LogP contribution in [-0.2, 0) is 0 Å². The molecule has 0 aromatic heterocycles. The number of para-hydroxylation sites is 2. The maximum absolute atomic E-state index is 9.12. The van der Waals surface area contributed by atoms with Gasteiger partial charge in [0, 0.05) is 0 Å². The van der Waals surface area contributed by atoms with Gasteiger partial charge in [-0.2, -0.15) is 0 Å². The lowest BCUT2D eigenvalue weighted by molar-refractivity contribution is 0.477. The number of aromatic hydroxyl groups is 1. The summed E-state index contributed by atoms with van der Waals surface area (Å²) in [6, 6.07) is 6.96. The van der Waals surface area contributed by atoms with Crippen LogP contribution in [-0.4, -0.2) is 9.33 Å². The Balaban J connectivity index is 3.03. The Bertz CT molecular complexity index is 247. The highest BCUT2D eigenvalue weighted by molar-refractivity contribution is 14.1. The van der Waals surface area contributed by atoms with Crippen molar-refractivity contribution in [3.63, 3.8) is 0 Å². The minimum atomic E-state index is 0.218. The van der Waals surface area contributed by atoms with E-state index in [2.05, 4.69) is 4.99 Å². The van der Waals surface area contributed by atoms with Crippen LogP contribution >= 0.6 is 22.6 Å². The van der Waals surface area contributed by atoms with Gasteiger partial charge in [0.05, 0.1) is 4.22 Å². The molecule has 0 radical (unpaired) electrons. The molecule has 0 saturated heterocycles. The molecule has 0 aliphatic carbocycles. The summed E-state index contributed by atoms with van der Waals surface area (Å²) in [7, 11) is 0. The predicted octanol–water partition coefficient (Wildman–Crippen LogP) is 2.49. The third kappa shape index (κ3) is 1.70. The SMILES string of the molecule is Oc1ccccc1/N=C\I. The Morgan fingerprint density at radius 3 is 2.70 bits per heavy atom. The highest BCUT2D eigenvalue weighted by atomic mass is 127. The molecule has 0 fully saturated rings. The Labute approximate surface area is 72.7 Å². The fraction of sp³-hybridized carbons (Fsp3) is 0. The van der Waals surface area contributed by atoms with Gasteiger partial charge in [-0.1, -0.05) is 12.1 Å². The number of aliphatic imine (C=N–C) groups is 1. The molecule has 0 saturated carbocycles. The number of hydrogen-bond acceptors (Lipinski definition) is 2. The summed E-state index contributed by atoms with van der Waals surface area (Å²) in [4.78, 5) is 3.92. The monoisotopic (exact) mass is 247 g/mol. The summed E-state index contributed by atoms with van der Waals surface area (Å²) in [5, 5.41) is 9.12. The molecule has 0 atom stereocenters. The van der Waals surface area contributed by atoms with Crippen LogP contribution in [0.2, 0.25) is 0 Å². The van der Waals surface area contributed by atoms with Crippen LogP contribution in [0.5, 0.6) is 5.75 Å². The first kappa shape index (κ1) is 7.53. The number of benzene rings is 1. The maximum atomic E-state index is 9.12. The van der Waals surface area contributed by atoms with Crippen molar-refractivity contribution in [1.29, 1.82) is 0 Å². The van der Waals surface area contributed by atoms with Gasteiger partial charge in [0.2, 0.25) is 0 Å². The molecule has 0 unspecified atom stereocenters. The van der Waals surface area contributed by atoms with Gasteiger partial charge in [0.25, 0.3) is 0 Å². The smallest absolute Gasteiger partial charge is 0.141 e. The average molecular weight is 247 g/mol. The lowest BCUT2D eigenvalue weighted by Gasteiger charge is -1.93. The first-order valence-corrected chi connectivity index (χ1v) is 4.00. The lowest BCUT2D eigenvalue weighted by Crippen LogP contribution is -1.65. The molecule has 1 aromatic rings. The number of hydrogen-bond donors (Lipinski definition) is 1. The van der Waals surface area contributed by atoms with E-state index in [0.29, 0.717) is 5.69 Å². The first-order chi connectivity index (χ1) is 4.84. The first-order valence-electron chi connectivity index (χ1n) is 2.75. The minimum Gasteiger partial charge on any atom is -0.506 e. The summed E-state index contributed by atoms with van der Waals surface area (Å²) < 4.78 is 1.62. The summed E-state index contributed by atoms with van der Waals surface area (Å²) in [5.41, 5.74) is 0.608. The Hall–Kier alpha value is -0.580. The van der Waals surface area contributed by atoms with Gasteiger partial charge in [-0.3, -0.25) is 0 Å². The molecule has 1 N–H and O–H groups in total. The van der Waals surface area contributed by atoms with Gasteiger partial charge in [0.15, 0.2) is 0 Å². The quantitative estimate of drug-likeness (QED) is 0.600. The molecule has 0 aliphatic rings. The van der Waals surface area contributed by atoms with Gasteiger partial charge in [-0.05, 0) is 34.7 Å². The van der Waals surface area contributed by atoms with Crippen molar-refractivity contribution in [3.8, 4) is 5.75 Å². The van der Waals surface area contributed by atoms with E-state index in [1.807, 2.05) is 28.7 Å². The summed E-state index contributed by atoms with van der Waals surface area (Å²) in [5.74, 6) is 0.218. The number of halogens is 1. The highest BCUT2D eigenvalue weighted by Gasteiger charge is 1.92. The maximum Gasteiger partial charge on any atom is 0.141 e. The Kier molecular flexibility index (Phi) is 2.68. The van der Waals surface area contributed by atoms with Crippen molar-refractivity contribution < 1.29 is 5.11 Å². The van der Waals surface area contributed by atoms with E-state index in [1.54, 1.807) is 22.4 Å². The van der Waals surface area contributed by atoms with E-state index < -0.39 is 0 Å². The lowest BCUT2D eigenvalue weighted by atomic mass is 10.3. The highest BCUT2D eigenvalue weighted by Crippen LogP contribution is 2.24. The zero-order valence-electron chi connectivity index (χ0n) is 5.16. The van der Waals surface area contributed by atoms with Gasteiger partial charge < -0.3 is 5.11 Å². The van der Waals surface area contributed by atoms with E-state index >= 15 is 0 Å². The summed E-state index contributed by atoms with van der Waals surface area (Å²) in [6.45, 7) is 0. The molecule has 0 amide bonds. The van der Waals surface area contributed by atoms with E-state index in [4.69, 9.17) is 5.11 Å². The van der Waals surface area contributed by atoms with Gasteiger partial charge in [0.1, 0.15) is 11.4 Å². The number of phenolic OH excluding ortho intramolecular Hbond substituents is 1. The van der Waals surface area contributed by atoms with Crippen LogP contribution in [0.4, 0.5) is 5.69 Å². The van der Waals surface area contributed by atoms with E-state index in [-0.39, 0.29) is 5.75 Å². The van der Waals surface area contributed by atoms with Crippen LogP contribution in [0.25, 0.3) is 0 Å². The van der Waals surface area contributed by atoms with E-state index in [0.717, 1.165) is 0 Å². The Morgan fingerprint density at radius 1 is 1.40 bits per heavy atom. The molecular weight excluding hydrogens is 241 g/mol. The fourth-order valence-corrected chi connectivity index (χ4v) is 0.926. The number of nitrogens with zero attached hydrogens (tertiary/aromatic N) is 1. The van der Waals surface area contributed by atoms with Crippen molar-refractivity contribution in [2.75, 3.05) is 0 Å². The largest absolute Gasteiger partial charge is 0.506 e. The standard InChI is InChI=1S/C7H6INO/c8-5-9-6-3-1-2-4-7(6)10/h1-5,10H/b9-5-. The predicted molar refractivity (Wildman–Crippen MR) is 50.3 cm³/mol. The molecule has 52 valence electrons. The van der Waals surface area contributed by atoms with Crippen LogP contribution < -0.4 is 0 Å². The zero-order chi connectivity index (χ0) is 7.40. The Morgan fingerprint density at radius 2 is 2.10 bits per heavy atom. The van der Waals surface area contributed by atoms with Gasteiger partial charge in [-0.25, -0.2) is 4.99 Å². The molecule has 1 rings (SSSR count). The topological polar surface area (TPSA) is 32.6 Å². The molecule has 0 aliphatic heterocycles. The third-order valence-corrected chi connectivity index (χ3v) is 1.35. The molecular formula is C7H6INO. The second-order valence-electron chi connectivity index (χ2n) is 1.72. The van der Waals surface area contributed by atoms with Crippen LogP contribution in [0, 0.1) is 0 Å². The van der Waals surface area contributed by atoms with Crippen LogP contribution in [0.1, 0.15) is 0 Å². The number of rotatable bonds is 1. The third-order valence-electron chi connectivity index (χ3n) is 1.07. The molecule has 2 nitrogen and oxygen atoms in total. The molecule has 0 spiro atoms.